The number of aromatic nitrogens is 1. The molecule has 1 aromatic carbocycles. The van der Waals surface area contributed by atoms with Crippen molar-refractivity contribution in [3.8, 4) is 0 Å². The highest BCUT2D eigenvalue weighted by molar-refractivity contribution is 6.35. The fraction of sp³-hybridized carbons (Fsp3) is 0.125. The summed E-state index contributed by atoms with van der Waals surface area (Å²) >= 11 is 0. The molecule has 2 amide bonds. The number of nitrogens with one attached hydrogen (secondary N) is 2. The van der Waals surface area contributed by atoms with Crippen molar-refractivity contribution in [1.82, 2.24) is 15.7 Å². The van der Waals surface area contributed by atoms with E-state index < -0.39 is 11.8 Å². The lowest BCUT2D eigenvalue weighted by Crippen LogP contribution is -2.39. The highest BCUT2D eigenvalue weighted by Gasteiger charge is 2.16. The molecule has 0 unspecified atom stereocenters. The Morgan fingerprint density at radius 1 is 1.09 bits per heavy atom. The van der Waals surface area contributed by atoms with E-state index in [9.17, 15) is 9.59 Å². The number of carbonyl (C=O) groups is 2. The lowest BCUT2D eigenvalue weighted by atomic mass is 10.1. The average Bonchev–Trinajstić information content (AvgIpc) is 2.56. The molecule has 22 heavy (non-hydrogen) atoms. The van der Waals surface area contributed by atoms with Gasteiger partial charge in [0.05, 0.1) is 18.0 Å². The van der Waals surface area contributed by atoms with E-state index in [-0.39, 0.29) is 6.04 Å². The number of pyridine rings is 1. The Kier molecular flexibility index (Phi) is 5.37. The Morgan fingerprint density at radius 3 is 2.50 bits per heavy atom. The van der Waals surface area contributed by atoms with Gasteiger partial charge in [-0.1, -0.05) is 36.4 Å². The van der Waals surface area contributed by atoms with Gasteiger partial charge >= 0.3 is 11.8 Å². The molecular formula is C16H16N4O2. The molecule has 2 N–H and O–H groups in total. The molecule has 1 atom stereocenters. The Hall–Kier alpha value is -3.02. The predicted molar refractivity (Wildman–Crippen MR) is 83.0 cm³/mol. The van der Waals surface area contributed by atoms with Crippen molar-refractivity contribution in [1.29, 1.82) is 0 Å². The normalized spacial score (nSPS) is 11.9. The van der Waals surface area contributed by atoms with E-state index in [1.54, 1.807) is 31.3 Å². The highest BCUT2D eigenvalue weighted by Crippen LogP contribution is 2.10. The van der Waals surface area contributed by atoms with Crippen LogP contribution >= 0.6 is 0 Å². The summed E-state index contributed by atoms with van der Waals surface area (Å²) in [5.41, 5.74) is 3.67. The molecule has 0 saturated heterocycles. The summed E-state index contributed by atoms with van der Waals surface area (Å²) in [6.07, 6.45) is 2.98. The van der Waals surface area contributed by atoms with Crippen molar-refractivity contribution in [2.24, 2.45) is 5.10 Å². The van der Waals surface area contributed by atoms with Crippen LogP contribution in [0.4, 0.5) is 0 Å². The van der Waals surface area contributed by atoms with Crippen LogP contribution in [-0.2, 0) is 9.59 Å². The van der Waals surface area contributed by atoms with Crippen molar-refractivity contribution in [3.63, 3.8) is 0 Å². The Labute approximate surface area is 128 Å². The molecule has 0 saturated carbocycles. The van der Waals surface area contributed by atoms with Crippen LogP contribution in [0.2, 0.25) is 0 Å². The zero-order valence-electron chi connectivity index (χ0n) is 12.1. The number of carbonyl (C=O) groups excluding carboxylic acids is 2. The first-order chi connectivity index (χ1) is 10.7. The Balaban J connectivity index is 1.85. The van der Waals surface area contributed by atoms with E-state index in [4.69, 9.17) is 0 Å². The van der Waals surface area contributed by atoms with E-state index >= 15 is 0 Å². The molecular weight excluding hydrogens is 280 g/mol. The van der Waals surface area contributed by atoms with Crippen molar-refractivity contribution >= 4 is 18.0 Å². The molecule has 0 fully saturated rings. The third-order valence-corrected chi connectivity index (χ3v) is 2.90. The first-order valence-corrected chi connectivity index (χ1v) is 6.76. The van der Waals surface area contributed by atoms with Crippen LogP contribution < -0.4 is 10.7 Å². The molecule has 112 valence electrons. The largest absolute Gasteiger partial charge is 0.341 e. The Bertz CT molecular complexity index is 656. The van der Waals surface area contributed by atoms with Gasteiger partial charge in [-0.25, -0.2) is 5.43 Å². The summed E-state index contributed by atoms with van der Waals surface area (Å²) in [6.45, 7) is 1.80. The van der Waals surface area contributed by atoms with Crippen molar-refractivity contribution in [3.05, 3.63) is 66.0 Å². The maximum absolute atomic E-state index is 11.8. The summed E-state index contributed by atoms with van der Waals surface area (Å²) in [4.78, 5) is 27.4. The second kappa shape index (κ2) is 7.68. The monoisotopic (exact) mass is 296 g/mol. The number of benzene rings is 1. The molecule has 0 aliphatic rings. The van der Waals surface area contributed by atoms with Gasteiger partial charge in [0.15, 0.2) is 0 Å². The lowest BCUT2D eigenvalue weighted by Gasteiger charge is -2.13. The van der Waals surface area contributed by atoms with Gasteiger partial charge in [-0.05, 0) is 24.6 Å². The molecule has 6 nitrogen and oxygen atoms in total. The van der Waals surface area contributed by atoms with Crippen LogP contribution in [0.5, 0.6) is 0 Å². The minimum absolute atomic E-state index is 0.265. The van der Waals surface area contributed by atoms with Gasteiger partial charge < -0.3 is 5.32 Å². The number of rotatable bonds is 4. The van der Waals surface area contributed by atoms with E-state index in [1.165, 1.54) is 6.21 Å². The molecule has 0 aliphatic heterocycles. The number of nitrogens with zero attached hydrogens (tertiary/aromatic N) is 2. The van der Waals surface area contributed by atoms with Gasteiger partial charge in [0.25, 0.3) is 0 Å². The van der Waals surface area contributed by atoms with Gasteiger partial charge in [-0.3, -0.25) is 14.6 Å². The second-order valence-corrected chi connectivity index (χ2v) is 4.56. The first-order valence-electron chi connectivity index (χ1n) is 6.76. The average molecular weight is 296 g/mol. The predicted octanol–water partition coefficient (Wildman–Crippen LogP) is 1.41. The van der Waals surface area contributed by atoms with Crippen LogP contribution in [0.3, 0.4) is 0 Å². The van der Waals surface area contributed by atoms with E-state index in [2.05, 4.69) is 20.8 Å². The number of amides is 2. The van der Waals surface area contributed by atoms with Crippen LogP contribution in [0.1, 0.15) is 24.2 Å². The summed E-state index contributed by atoms with van der Waals surface area (Å²) in [6, 6.07) is 14.4. The lowest BCUT2D eigenvalue weighted by molar-refractivity contribution is -0.139. The zero-order chi connectivity index (χ0) is 15.8. The van der Waals surface area contributed by atoms with E-state index in [0.29, 0.717) is 5.69 Å². The molecule has 6 heteroatoms. The third kappa shape index (κ3) is 4.52. The smallest absolute Gasteiger partial charge is 0.329 e. The van der Waals surface area contributed by atoms with Crippen molar-refractivity contribution < 1.29 is 9.59 Å². The van der Waals surface area contributed by atoms with Crippen LogP contribution in [0.25, 0.3) is 0 Å². The number of hydrogen-bond acceptors (Lipinski definition) is 4. The number of hydrogen-bond donors (Lipinski definition) is 2. The van der Waals surface area contributed by atoms with E-state index in [0.717, 1.165) is 5.56 Å². The van der Waals surface area contributed by atoms with Crippen molar-refractivity contribution in [2.75, 3.05) is 0 Å². The highest BCUT2D eigenvalue weighted by atomic mass is 16.2. The van der Waals surface area contributed by atoms with Gasteiger partial charge in [0, 0.05) is 6.20 Å². The molecule has 0 radical (unpaired) electrons. The fourth-order valence-electron chi connectivity index (χ4n) is 1.75. The second-order valence-electron chi connectivity index (χ2n) is 4.56. The molecule has 2 aromatic rings. The SMILES string of the molecule is C[C@H](NC(=O)C(=O)N/N=C\c1ccccn1)c1ccccc1. The molecule has 1 aromatic heterocycles. The summed E-state index contributed by atoms with van der Waals surface area (Å²) < 4.78 is 0. The molecule has 0 bridgehead atoms. The molecule has 1 heterocycles. The molecule has 2 rings (SSSR count). The van der Waals surface area contributed by atoms with Crippen LogP contribution in [0.15, 0.2) is 59.8 Å². The zero-order valence-corrected chi connectivity index (χ0v) is 12.1. The maximum atomic E-state index is 11.8. The number of hydrazone groups is 1. The van der Waals surface area contributed by atoms with Gasteiger partial charge in [0.1, 0.15) is 0 Å². The van der Waals surface area contributed by atoms with Crippen molar-refractivity contribution in [2.45, 2.75) is 13.0 Å². The van der Waals surface area contributed by atoms with E-state index in [1.807, 2.05) is 30.3 Å². The first kappa shape index (κ1) is 15.4. The maximum Gasteiger partial charge on any atom is 0.329 e. The van der Waals surface area contributed by atoms with Gasteiger partial charge in [-0.15, -0.1) is 0 Å². The minimum atomic E-state index is -0.824. The van der Waals surface area contributed by atoms with Crippen LogP contribution in [0, 0.1) is 0 Å². The topological polar surface area (TPSA) is 83.5 Å². The summed E-state index contributed by atoms with van der Waals surface area (Å²) in [7, 11) is 0. The van der Waals surface area contributed by atoms with Gasteiger partial charge in [-0.2, -0.15) is 5.10 Å². The van der Waals surface area contributed by atoms with Gasteiger partial charge in [0.2, 0.25) is 0 Å². The molecule has 0 spiro atoms. The fourth-order valence-corrected chi connectivity index (χ4v) is 1.75. The minimum Gasteiger partial charge on any atom is -0.341 e. The summed E-state index contributed by atoms with van der Waals surface area (Å²) in [5.74, 6) is -1.57. The quantitative estimate of drug-likeness (QED) is 0.508. The Morgan fingerprint density at radius 2 is 1.82 bits per heavy atom. The summed E-state index contributed by atoms with van der Waals surface area (Å²) in [5, 5.41) is 6.30. The third-order valence-electron chi connectivity index (χ3n) is 2.90. The molecule has 0 aliphatic carbocycles. The van der Waals surface area contributed by atoms with Crippen LogP contribution in [-0.4, -0.2) is 23.0 Å². The standard InChI is InChI=1S/C16H16N4O2/c1-12(13-7-3-2-4-8-13)19-15(21)16(22)20-18-11-14-9-5-6-10-17-14/h2-12H,1H3,(H,19,21)(H,20,22)/b18-11-/t12-/m0/s1.